The van der Waals surface area contributed by atoms with Gasteiger partial charge < -0.3 is 4.42 Å². The molecule has 1 aromatic heterocycles. The van der Waals surface area contributed by atoms with Crippen LogP contribution in [0, 0.1) is 0 Å². The molecule has 0 bridgehead atoms. The molecule has 0 aliphatic carbocycles. The van der Waals surface area contributed by atoms with Crippen molar-refractivity contribution < 1.29 is 17.6 Å². The maximum absolute atomic E-state index is 12.3. The van der Waals surface area contributed by atoms with E-state index in [1.54, 1.807) is 11.8 Å². The molecule has 0 saturated carbocycles. The molecule has 7 nitrogen and oxygen atoms in total. The summed E-state index contributed by atoms with van der Waals surface area (Å²) in [4.78, 5) is 13.3. The van der Waals surface area contributed by atoms with Crippen molar-refractivity contribution in [3.63, 3.8) is 0 Å². The molecule has 10 heteroatoms. The van der Waals surface area contributed by atoms with Crippen LogP contribution in [0.3, 0.4) is 0 Å². The predicted octanol–water partition coefficient (Wildman–Crippen LogP) is 3.91. The minimum absolute atomic E-state index is 0.0853. The number of hydrogen-bond acceptors (Lipinski definition) is 7. The van der Waals surface area contributed by atoms with Crippen LogP contribution in [-0.4, -0.2) is 36.5 Å². The second-order valence-electron chi connectivity index (χ2n) is 5.71. The van der Waals surface area contributed by atoms with Crippen molar-refractivity contribution in [1.29, 1.82) is 0 Å². The number of nitrogens with one attached hydrogen (secondary N) is 1. The van der Waals surface area contributed by atoms with Gasteiger partial charge >= 0.3 is 6.01 Å². The Hall–Kier alpha value is -2.36. The van der Waals surface area contributed by atoms with Gasteiger partial charge in [0.25, 0.3) is 0 Å². The summed E-state index contributed by atoms with van der Waals surface area (Å²) in [5, 5.41) is 10.5. The number of nitrogens with zero attached hydrogens (tertiary/aromatic N) is 2. The molecule has 0 spiro atoms. The Morgan fingerprint density at radius 2 is 1.79 bits per heavy atom. The zero-order valence-corrected chi connectivity index (χ0v) is 17.1. The van der Waals surface area contributed by atoms with Crippen molar-refractivity contribution in [3.05, 3.63) is 53.6 Å². The van der Waals surface area contributed by atoms with Crippen molar-refractivity contribution in [1.82, 2.24) is 10.2 Å². The Kier molecular flexibility index (Phi) is 6.38. The van der Waals surface area contributed by atoms with Crippen LogP contribution in [-0.2, 0) is 14.6 Å². The molecule has 0 unspecified atom stereocenters. The van der Waals surface area contributed by atoms with E-state index in [2.05, 4.69) is 15.5 Å². The minimum atomic E-state index is -3.60. The highest BCUT2D eigenvalue weighted by Gasteiger charge is 2.18. The summed E-state index contributed by atoms with van der Waals surface area (Å²) in [6, 6.07) is 13.2. The van der Waals surface area contributed by atoms with Gasteiger partial charge in [-0.05, 0) is 54.8 Å². The summed E-state index contributed by atoms with van der Waals surface area (Å²) >= 11 is 7.37. The SMILES string of the molecule is CSc1ccc(-c2nnc(NC(=O)CCS(=O)(=O)c3ccc(Cl)cc3)o2)cc1. The van der Waals surface area contributed by atoms with Crippen LogP contribution in [0.15, 0.2) is 62.7 Å². The van der Waals surface area contributed by atoms with Gasteiger partial charge in [0.05, 0.1) is 10.6 Å². The lowest BCUT2D eigenvalue weighted by molar-refractivity contribution is -0.115. The van der Waals surface area contributed by atoms with Gasteiger partial charge in [-0.3, -0.25) is 10.1 Å². The van der Waals surface area contributed by atoms with Crippen molar-refractivity contribution in [2.24, 2.45) is 0 Å². The molecule has 2 aromatic carbocycles. The van der Waals surface area contributed by atoms with Crippen molar-refractivity contribution in [2.45, 2.75) is 16.2 Å². The fourth-order valence-corrected chi connectivity index (χ4v) is 4.07. The molecule has 3 rings (SSSR count). The smallest absolute Gasteiger partial charge is 0.322 e. The van der Waals surface area contributed by atoms with Crippen molar-refractivity contribution in [3.8, 4) is 11.5 Å². The van der Waals surface area contributed by atoms with Crippen LogP contribution >= 0.6 is 23.4 Å². The van der Waals surface area contributed by atoms with Gasteiger partial charge in [0, 0.05) is 21.9 Å². The first-order chi connectivity index (χ1) is 13.4. The lowest BCUT2D eigenvalue weighted by Gasteiger charge is -2.04. The lowest BCUT2D eigenvalue weighted by Crippen LogP contribution is -2.17. The largest absolute Gasteiger partial charge is 0.403 e. The number of hydrogen-bond donors (Lipinski definition) is 1. The number of anilines is 1. The quantitative estimate of drug-likeness (QED) is 0.559. The third-order valence-electron chi connectivity index (χ3n) is 3.78. The van der Waals surface area contributed by atoms with E-state index in [1.165, 1.54) is 24.3 Å². The molecule has 0 aliphatic rings. The molecule has 0 saturated heterocycles. The first-order valence-corrected chi connectivity index (χ1v) is 11.4. The van der Waals surface area contributed by atoms with Gasteiger partial charge in [-0.1, -0.05) is 16.7 Å². The minimum Gasteiger partial charge on any atom is -0.403 e. The van der Waals surface area contributed by atoms with Crippen LogP contribution in [0.25, 0.3) is 11.5 Å². The number of aromatic nitrogens is 2. The maximum Gasteiger partial charge on any atom is 0.322 e. The molecule has 1 heterocycles. The molecule has 0 fully saturated rings. The van der Waals surface area contributed by atoms with Crippen LogP contribution in [0.5, 0.6) is 0 Å². The van der Waals surface area contributed by atoms with Crippen molar-refractivity contribution in [2.75, 3.05) is 17.3 Å². The fourth-order valence-electron chi connectivity index (χ4n) is 2.29. The van der Waals surface area contributed by atoms with Crippen LogP contribution in [0.4, 0.5) is 6.01 Å². The van der Waals surface area contributed by atoms with E-state index in [1.807, 2.05) is 30.5 Å². The highest BCUT2D eigenvalue weighted by Crippen LogP contribution is 2.23. The van der Waals surface area contributed by atoms with E-state index >= 15 is 0 Å². The zero-order valence-electron chi connectivity index (χ0n) is 14.8. The van der Waals surface area contributed by atoms with Gasteiger partial charge in [0.15, 0.2) is 9.84 Å². The number of halogens is 1. The predicted molar refractivity (Wildman–Crippen MR) is 108 cm³/mol. The van der Waals surface area contributed by atoms with E-state index in [9.17, 15) is 13.2 Å². The average Bonchev–Trinajstić information content (AvgIpc) is 3.15. The van der Waals surface area contributed by atoms with E-state index in [0.717, 1.165) is 10.5 Å². The zero-order chi connectivity index (χ0) is 20.1. The first kappa shape index (κ1) is 20.4. The van der Waals surface area contributed by atoms with Gasteiger partial charge in [-0.25, -0.2) is 8.42 Å². The summed E-state index contributed by atoms with van der Waals surface area (Å²) in [6.07, 6.45) is 1.73. The van der Waals surface area contributed by atoms with E-state index in [-0.39, 0.29) is 29.0 Å². The highest BCUT2D eigenvalue weighted by atomic mass is 35.5. The van der Waals surface area contributed by atoms with Gasteiger partial charge in [0.1, 0.15) is 0 Å². The average molecular weight is 438 g/mol. The fraction of sp³-hybridized carbons (Fsp3) is 0.167. The third-order valence-corrected chi connectivity index (χ3v) is 6.51. The Morgan fingerprint density at radius 3 is 2.43 bits per heavy atom. The Bertz CT molecular complexity index is 1060. The number of carbonyl (C=O) groups excluding carboxylic acids is 1. The number of amides is 1. The summed E-state index contributed by atoms with van der Waals surface area (Å²) in [7, 11) is -3.60. The topological polar surface area (TPSA) is 102 Å². The number of rotatable bonds is 7. The maximum atomic E-state index is 12.3. The molecule has 146 valence electrons. The number of thioether (sulfide) groups is 1. The molecule has 28 heavy (non-hydrogen) atoms. The normalized spacial score (nSPS) is 11.4. The van der Waals surface area contributed by atoms with Crippen LogP contribution in [0.1, 0.15) is 6.42 Å². The van der Waals surface area contributed by atoms with E-state index < -0.39 is 15.7 Å². The molecule has 0 aliphatic heterocycles. The van der Waals surface area contributed by atoms with Gasteiger partial charge in [-0.2, -0.15) is 0 Å². The van der Waals surface area contributed by atoms with E-state index in [4.69, 9.17) is 16.0 Å². The molecular weight excluding hydrogens is 422 g/mol. The Labute approximate surface area is 171 Å². The van der Waals surface area contributed by atoms with Crippen molar-refractivity contribution >= 4 is 45.1 Å². The second-order valence-corrected chi connectivity index (χ2v) is 9.14. The van der Waals surface area contributed by atoms with Crippen LogP contribution < -0.4 is 5.32 Å². The van der Waals surface area contributed by atoms with Gasteiger partial charge in [0.2, 0.25) is 11.8 Å². The lowest BCUT2D eigenvalue weighted by atomic mass is 10.2. The summed E-state index contributed by atoms with van der Waals surface area (Å²) in [5.74, 6) is -0.625. The number of sulfone groups is 1. The monoisotopic (exact) mass is 437 g/mol. The molecule has 0 atom stereocenters. The first-order valence-electron chi connectivity index (χ1n) is 8.13. The summed E-state index contributed by atoms with van der Waals surface area (Å²) < 4.78 is 29.9. The third kappa shape index (κ3) is 5.12. The number of benzene rings is 2. The highest BCUT2D eigenvalue weighted by molar-refractivity contribution is 7.98. The molecule has 0 radical (unpaired) electrons. The number of carbonyl (C=O) groups is 1. The molecule has 1 amide bonds. The second kappa shape index (κ2) is 8.76. The molecular formula is C18H16ClN3O4S2. The summed E-state index contributed by atoms with van der Waals surface area (Å²) in [5.41, 5.74) is 0.719. The Morgan fingerprint density at radius 1 is 1.11 bits per heavy atom. The molecule has 3 aromatic rings. The van der Waals surface area contributed by atoms with E-state index in [0.29, 0.717) is 5.02 Å². The Balaban J connectivity index is 1.59. The molecule has 1 N–H and O–H groups in total. The van der Waals surface area contributed by atoms with Gasteiger partial charge in [-0.15, -0.1) is 16.9 Å². The standard InChI is InChI=1S/C18H16ClN3O4S2/c1-27-14-6-2-12(3-7-14)17-21-22-18(26-17)20-16(23)10-11-28(24,25)15-8-4-13(19)5-9-15/h2-9H,10-11H2,1H3,(H,20,22,23). The van der Waals surface area contributed by atoms with Crippen LogP contribution in [0.2, 0.25) is 5.02 Å². The summed E-state index contributed by atoms with van der Waals surface area (Å²) in [6.45, 7) is 0.